The number of hydrogen-bond acceptors (Lipinski definition) is 8. The third-order valence-corrected chi connectivity index (χ3v) is 7.81. The first-order chi connectivity index (χ1) is 18.3. The number of carbonyl (C=O) groups excluding carboxylic acids is 2. The average molecular weight is 571 g/mol. The van der Waals surface area contributed by atoms with Crippen LogP contribution in [0.3, 0.4) is 0 Å². The Labute approximate surface area is 234 Å². The van der Waals surface area contributed by atoms with E-state index in [9.17, 15) is 9.59 Å². The molecule has 0 bridgehead atoms. The molecular weight excluding hydrogens is 544 g/mol. The van der Waals surface area contributed by atoms with Gasteiger partial charge in [0, 0.05) is 22.5 Å². The molecule has 0 radical (unpaired) electrons. The van der Waals surface area contributed by atoms with Crippen molar-refractivity contribution in [2.45, 2.75) is 38.6 Å². The Morgan fingerprint density at radius 3 is 2.63 bits per heavy atom. The van der Waals surface area contributed by atoms with Crippen LogP contribution in [0.5, 0.6) is 5.75 Å². The van der Waals surface area contributed by atoms with Crippen molar-refractivity contribution in [1.29, 1.82) is 0 Å². The number of amides is 1. The number of anilines is 1. The monoisotopic (exact) mass is 570 g/mol. The van der Waals surface area contributed by atoms with Crippen LogP contribution in [0, 0.1) is 6.92 Å². The molecule has 2 aromatic carbocycles. The Balaban J connectivity index is 1.45. The number of thiophene rings is 1. The highest BCUT2D eigenvalue weighted by Gasteiger charge is 2.23. The molecule has 8 nitrogen and oxygen atoms in total. The molecule has 198 valence electrons. The number of rotatable bonds is 10. The molecule has 1 unspecified atom stereocenters. The lowest BCUT2D eigenvalue weighted by Crippen LogP contribution is -2.17. The lowest BCUT2D eigenvalue weighted by atomic mass is 10.0. The summed E-state index contributed by atoms with van der Waals surface area (Å²) in [6.45, 7) is 6.43. The van der Waals surface area contributed by atoms with Crippen molar-refractivity contribution in [3.05, 3.63) is 75.9 Å². The van der Waals surface area contributed by atoms with Gasteiger partial charge < -0.3 is 19.4 Å². The summed E-state index contributed by atoms with van der Waals surface area (Å²) in [4.78, 5) is 25.4. The smallest absolute Gasteiger partial charge is 0.341 e. The molecule has 11 heteroatoms. The maximum Gasteiger partial charge on any atom is 0.341 e. The Bertz CT molecular complexity index is 1440. The Morgan fingerprint density at radius 1 is 1.18 bits per heavy atom. The highest BCUT2D eigenvalue weighted by molar-refractivity contribution is 7.99. The predicted octanol–water partition coefficient (Wildman–Crippen LogP) is 6.65. The van der Waals surface area contributed by atoms with Crippen LogP contribution in [-0.4, -0.2) is 39.5 Å². The van der Waals surface area contributed by atoms with Crippen LogP contribution in [-0.2, 0) is 16.1 Å². The number of halogens is 1. The maximum absolute atomic E-state index is 12.9. The van der Waals surface area contributed by atoms with Gasteiger partial charge in [0.25, 0.3) is 0 Å². The molecule has 0 aliphatic rings. The summed E-state index contributed by atoms with van der Waals surface area (Å²) in [7, 11) is 1.32. The highest BCUT2D eigenvalue weighted by Crippen LogP contribution is 2.36. The van der Waals surface area contributed by atoms with Crippen molar-refractivity contribution in [1.82, 2.24) is 14.8 Å². The summed E-state index contributed by atoms with van der Waals surface area (Å²) in [6.07, 6.45) is -0.365. The minimum Gasteiger partial charge on any atom is -0.482 e. The molecule has 1 amide bonds. The van der Waals surface area contributed by atoms with Gasteiger partial charge in [0.15, 0.2) is 17.1 Å². The first-order valence-electron chi connectivity index (χ1n) is 11.9. The van der Waals surface area contributed by atoms with Gasteiger partial charge in [0.2, 0.25) is 5.91 Å². The molecule has 0 fully saturated rings. The predicted molar refractivity (Wildman–Crippen MR) is 151 cm³/mol. The summed E-state index contributed by atoms with van der Waals surface area (Å²) in [5, 5.41) is 15.0. The Kier molecular flexibility index (Phi) is 9.09. The number of nitrogens with one attached hydrogen (secondary N) is 1. The van der Waals surface area contributed by atoms with E-state index >= 15 is 0 Å². The van der Waals surface area contributed by atoms with E-state index in [-0.39, 0.29) is 17.8 Å². The fraction of sp³-hybridized carbons (Fsp3) is 0.259. The number of thioether (sulfide) groups is 1. The fourth-order valence-corrected chi connectivity index (χ4v) is 5.88. The lowest BCUT2D eigenvalue weighted by molar-refractivity contribution is -0.113. The number of methoxy groups -OCH3 is 1. The van der Waals surface area contributed by atoms with Crippen LogP contribution < -0.4 is 10.1 Å². The number of esters is 1. The van der Waals surface area contributed by atoms with Crippen LogP contribution >= 0.6 is 34.7 Å². The number of nitrogens with zero attached hydrogens (tertiary/aromatic N) is 3. The van der Waals surface area contributed by atoms with Crippen LogP contribution in [0.4, 0.5) is 5.00 Å². The fourth-order valence-electron chi connectivity index (χ4n) is 3.87. The van der Waals surface area contributed by atoms with Crippen molar-refractivity contribution in [2.24, 2.45) is 0 Å². The van der Waals surface area contributed by atoms with Gasteiger partial charge in [-0.15, -0.1) is 21.5 Å². The number of aromatic nitrogens is 3. The molecule has 2 heterocycles. The molecule has 0 spiro atoms. The minimum absolute atomic E-state index is 0.0862. The Morgan fingerprint density at radius 2 is 1.95 bits per heavy atom. The van der Waals surface area contributed by atoms with E-state index in [1.54, 1.807) is 6.07 Å². The zero-order valence-electron chi connectivity index (χ0n) is 21.4. The van der Waals surface area contributed by atoms with E-state index in [4.69, 9.17) is 21.1 Å². The second kappa shape index (κ2) is 12.5. The van der Waals surface area contributed by atoms with E-state index in [1.807, 2.05) is 73.2 Å². The zero-order valence-corrected chi connectivity index (χ0v) is 23.7. The molecule has 4 aromatic rings. The third-order valence-electron chi connectivity index (χ3n) is 5.72. The van der Waals surface area contributed by atoms with Crippen molar-refractivity contribution >= 4 is 51.6 Å². The normalized spacial score (nSPS) is 11.7. The molecule has 4 rings (SSSR count). The molecule has 1 N–H and O–H groups in total. The number of benzene rings is 2. The van der Waals surface area contributed by atoms with Crippen LogP contribution in [0.2, 0.25) is 5.02 Å². The van der Waals surface area contributed by atoms with Crippen molar-refractivity contribution in [2.75, 3.05) is 18.2 Å². The summed E-state index contributed by atoms with van der Waals surface area (Å²) >= 11 is 8.60. The van der Waals surface area contributed by atoms with Crippen LogP contribution in [0.1, 0.15) is 41.7 Å². The second-order valence-electron chi connectivity index (χ2n) is 8.30. The molecule has 0 saturated carbocycles. The summed E-state index contributed by atoms with van der Waals surface area (Å²) in [5.41, 5.74) is 2.84. The van der Waals surface area contributed by atoms with Crippen molar-refractivity contribution in [3.8, 4) is 16.9 Å². The van der Waals surface area contributed by atoms with Gasteiger partial charge in [-0.05, 0) is 50.1 Å². The van der Waals surface area contributed by atoms with Gasteiger partial charge >= 0.3 is 5.97 Å². The summed E-state index contributed by atoms with van der Waals surface area (Å²) < 4.78 is 13.0. The van der Waals surface area contributed by atoms with E-state index in [0.717, 1.165) is 11.1 Å². The SMILES string of the molecule is CCn1c(SCC(=O)Nc2scc(-c3ccccc3)c2C(=O)OC)nnc1C(C)Oc1ccc(Cl)cc1C. The van der Waals surface area contributed by atoms with Crippen molar-refractivity contribution in [3.63, 3.8) is 0 Å². The molecule has 0 saturated heterocycles. The number of ether oxygens (including phenoxy) is 2. The minimum atomic E-state index is -0.506. The summed E-state index contributed by atoms with van der Waals surface area (Å²) in [6, 6.07) is 15.0. The number of aryl methyl sites for hydroxylation is 1. The molecule has 2 aromatic heterocycles. The zero-order chi connectivity index (χ0) is 27.2. The second-order valence-corrected chi connectivity index (χ2v) is 10.6. The Hall–Kier alpha value is -3.34. The quantitative estimate of drug-likeness (QED) is 0.168. The van der Waals surface area contributed by atoms with Crippen LogP contribution in [0.25, 0.3) is 11.1 Å². The molecule has 38 heavy (non-hydrogen) atoms. The van der Waals surface area contributed by atoms with E-state index in [2.05, 4.69) is 15.5 Å². The lowest BCUT2D eigenvalue weighted by Gasteiger charge is -2.17. The number of hydrogen-bond donors (Lipinski definition) is 1. The van der Waals surface area contributed by atoms with E-state index in [1.165, 1.54) is 30.2 Å². The van der Waals surface area contributed by atoms with Gasteiger partial charge in [-0.1, -0.05) is 53.7 Å². The first kappa shape index (κ1) is 27.7. The summed E-state index contributed by atoms with van der Waals surface area (Å²) in [5.74, 6) is 0.683. The van der Waals surface area contributed by atoms with Gasteiger partial charge in [-0.3, -0.25) is 4.79 Å². The van der Waals surface area contributed by atoms with Gasteiger partial charge in [-0.25, -0.2) is 4.79 Å². The number of carbonyl (C=O) groups is 2. The van der Waals surface area contributed by atoms with Gasteiger partial charge in [-0.2, -0.15) is 0 Å². The molecule has 0 aliphatic carbocycles. The molecule has 0 aliphatic heterocycles. The molecular formula is C27H27ClN4O4S2. The van der Waals surface area contributed by atoms with E-state index in [0.29, 0.717) is 44.4 Å². The standard InChI is InChI=1S/C27H27ClN4O4S2/c1-5-32-24(17(3)36-21-12-11-19(28)13-16(21)2)30-31-27(32)38-15-22(33)29-25-23(26(34)35-4)20(14-37-25)18-9-7-6-8-10-18/h6-14,17H,5,15H2,1-4H3,(H,29,33). The van der Waals surface area contributed by atoms with Gasteiger partial charge in [0.1, 0.15) is 16.3 Å². The van der Waals surface area contributed by atoms with E-state index < -0.39 is 5.97 Å². The molecule has 1 atom stereocenters. The first-order valence-corrected chi connectivity index (χ1v) is 14.1. The van der Waals surface area contributed by atoms with Crippen LogP contribution in [0.15, 0.2) is 59.1 Å². The maximum atomic E-state index is 12.9. The largest absolute Gasteiger partial charge is 0.482 e. The average Bonchev–Trinajstić information content (AvgIpc) is 3.53. The third kappa shape index (κ3) is 6.20. The highest BCUT2D eigenvalue weighted by atomic mass is 35.5. The van der Waals surface area contributed by atoms with Crippen molar-refractivity contribution < 1.29 is 19.1 Å². The van der Waals surface area contributed by atoms with Gasteiger partial charge in [0.05, 0.1) is 12.9 Å². The topological polar surface area (TPSA) is 95.3 Å².